The average molecular weight is 304 g/mol. The van der Waals surface area contributed by atoms with Crippen LogP contribution < -0.4 is 0 Å². The summed E-state index contributed by atoms with van der Waals surface area (Å²) in [6.45, 7) is 4.88. The van der Waals surface area contributed by atoms with Gasteiger partial charge in [0, 0.05) is 0 Å². The standard InChI is InChI=1S/C6H10S2Se2/c1-5(3-7-5)9-10-6(2)4-8-6/h3-4H2,1-2H3. The molecule has 0 aliphatic carbocycles. The maximum absolute atomic E-state index is 2.44. The van der Waals surface area contributed by atoms with E-state index in [1.54, 1.807) is 0 Å². The summed E-state index contributed by atoms with van der Waals surface area (Å²) in [4.78, 5) is 0. The zero-order chi connectivity index (χ0) is 7.24. The van der Waals surface area contributed by atoms with Gasteiger partial charge in [0.25, 0.3) is 0 Å². The number of thioether (sulfide) groups is 2. The van der Waals surface area contributed by atoms with Crippen LogP contribution >= 0.6 is 23.5 Å². The molecule has 2 unspecified atom stereocenters. The molecule has 2 saturated heterocycles. The van der Waals surface area contributed by atoms with Gasteiger partial charge >= 0.3 is 82.4 Å². The molecule has 58 valence electrons. The Kier molecular flexibility index (Phi) is 2.18. The van der Waals surface area contributed by atoms with Gasteiger partial charge in [-0.05, 0) is 0 Å². The fraction of sp³-hybridized carbons (Fsp3) is 1.00. The third kappa shape index (κ3) is 2.12. The van der Waals surface area contributed by atoms with Crippen molar-refractivity contribution < 1.29 is 0 Å². The zero-order valence-corrected chi connectivity index (χ0v) is 11.1. The van der Waals surface area contributed by atoms with Gasteiger partial charge in [0.1, 0.15) is 0 Å². The van der Waals surface area contributed by atoms with Crippen LogP contribution in [0.3, 0.4) is 0 Å². The van der Waals surface area contributed by atoms with Gasteiger partial charge in [-0.2, -0.15) is 0 Å². The maximum atomic E-state index is 2.44. The van der Waals surface area contributed by atoms with E-state index in [2.05, 4.69) is 37.4 Å². The monoisotopic (exact) mass is 306 g/mol. The van der Waals surface area contributed by atoms with E-state index in [0.717, 1.165) is 33.6 Å². The minimum atomic E-state index is 0.791. The minimum absolute atomic E-state index is 0.791. The summed E-state index contributed by atoms with van der Waals surface area (Å²) < 4.78 is 1.58. The summed E-state index contributed by atoms with van der Waals surface area (Å²) in [6, 6.07) is 0. The van der Waals surface area contributed by atoms with Gasteiger partial charge in [0.05, 0.1) is 0 Å². The molecule has 0 aromatic rings. The Morgan fingerprint density at radius 1 is 1.00 bits per heavy atom. The van der Waals surface area contributed by atoms with Crippen LogP contribution in [0.25, 0.3) is 0 Å². The fourth-order valence-corrected chi connectivity index (χ4v) is 15.7. The second kappa shape index (κ2) is 2.61. The molecule has 4 heteroatoms. The third-order valence-electron chi connectivity index (χ3n) is 1.50. The van der Waals surface area contributed by atoms with E-state index in [1.165, 1.54) is 11.5 Å². The second-order valence-electron chi connectivity index (χ2n) is 3.01. The molecule has 10 heavy (non-hydrogen) atoms. The molecule has 2 fully saturated rings. The van der Waals surface area contributed by atoms with Crippen LogP contribution in [0.5, 0.6) is 0 Å². The van der Waals surface area contributed by atoms with Gasteiger partial charge in [-0.3, -0.25) is 0 Å². The Balaban J connectivity index is 1.72. The SMILES string of the molecule is CC1([Se][Se]C2(C)CS2)CS1. The van der Waals surface area contributed by atoms with Crippen molar-refractivity contribution in [2.45, 2.75) is 21.1 Å². The van der Waals surface area contributed by atoms with Gasteiger partial charge in [-0.1, -0.05) is 0 Å². The fourth-order valence-electron chi connectivity index (χ4n) is 0.476. The molecule has 0 bridgehead atoms. The van der Waals surface area contributed by atoms with E-state index < -0.39 is 0 Å². The molecule has 0 aromatic heterocycles. The second-order valence-corrected chi connectivity index (χ2v) is 15.2. The molecule has 0 radical (unpaired) electrons. The summed E-state index contributed by atoms with van der Waals surface area (Å²) in [7, 11) is 0. The van der Waals surface area contributed by atoms with Crippen LogP contribution in [-0.2, 0) is 0 Å². The molecule has 2 atom stereocenters. The molecule has 0 saturated carbocycles. The summed E-state index contributed by atoms with van der Waals surface area (Å²) >= 11 is 6.30. The Morgan fingerprint density at radius 3 is 1.50 bits per heavy atom. The molecule has 2 heterocycles. The van der Waals surface area contributed by atoms with Crippen molar-refractivity contribution in [3.8, 4) is 0 Å². The van der Waals surface area contributed by atoms with Crippen molar-refractivity contribution in [1.82, 2.24) is 0 Å². The number of hydrogen-bond donors (Lipinski definition) is 0. The van der Waals surface area contributed by atoms with Crippen LogP contribution in [0, 0.1) is 0 Å². The Hall–Kier alpha value is 1.74. The molecule has 0 amide bonds. The van der Waals surface area contributed by atoms with E-state index in [1.807, 2.05) is 0 Å². The molecule has 2 aliphatic heterocycles. The van der Waals surface area contributed by atoms with Gasteiger partial charge < -0.3 is 0 Å². The van der Waals surface area contributed by atoms with Crippen LogP contribution in [0.15, 0.2) is 0 Å². The Labute approximate surface area is 81.9 Å². The van der Waals surface area contributed by atoms with E-state index in [0.29, 0.717) is 0 Å². The van der Waals surface area contributed by atoms with Crippen LogP contribution in [0.1, 0.15) is 13.8 Å². The normalized spacial score (nSPS) is 51.0. The third-order valence-corrected chi connectivity index (χ3v) is 20.6. The van der Waals surface area contributed by atoms with E-state index in [9.17, 15) is 0 Å². The Morgan fingerprint density at radius 2 is 1.30 bits per heavy atom. The van der Waals surface area contributed by atoms with Crippen LogP contribution in [0.2, 0.25) is 0 Å². The van der Waals surface area contributed by atoms with E-state index in [4.69, 9.17) is 0 Å². The zero-order valence-electron chi connectivity index (χ0n) is 6.05. The van der Waals surface area contributed by atoms with Crippen molar-refractivity contribution in [2.24, 2.45) is 0 Å². The number of hydrogen-bond acceptors (Lipinski definition) is 2. The van der Waals surface area contributed by atoms with Crippen molar-refractivity contribution in [2.75, 3.05) is 11.5 Å². The van der Waals surface area contributed by atoms with Gasteiger partial charge in [0.15, 0.2) is 0 Å². The van der Waals surface area contributed by atoms with Crippen molar-refractivity contribution in [1.29, 1.82) is 0 Å². The van der Waals surface area contributed by atoms with Crippen molar-refractivity contribution in [3.05, 3.63) is 0 Å². The molecular weight excluding hydrogens is 294 g/mol. The first-order valence-electron chi connectivity index (χ1n) is 3.27. The van der Waals surface area contributed by atoms with Crippen molar-refractivity contribution >= 4 is 49.8 Å². The quantitative estimate of drug-likeness (QED) is 0.568. The van der Waals surface area contributed by atoms with Gasteiger partial charge in [0.2, 0.25) is 0 Å². The molecule has 0 N–H and O–H groups in total. The first-order chi connectivity index (χ1) is 4.62. The van der Waals surface area contributed by atoms with Crippen LogP contribution in [-0.4, -0.2) is 45.1 Å². The van der Waals surface area contributed by atoms with Crippen LogP contribution in [0.4, 0.5) is 0 Å². The molecule has 0 aromatic carbocycles. The molecule has 2 rings (SSSR count). The number of rotatable bonds is 3. The van der Waals surface area contributed by atoms with Gasteiger partial charge in [-0.15, -0.1) is 0 Å². The van der Waals surface area contributed by atoms with Crippen molar-refractivity contribution in [3.63, 3.8) is 0 Å². The topological polar surface area (TPSA) is 0 Å². The average Bonchev–Trinajstić information content (AvgIpc) is 2.72. The van der Waals surface area contributed by atoms with E-state index in [-0.39, 0.29) is 0 Å². The molecule has 0 spiro atoms. The molecular formula is C6H10S2Se2. The van der Waals surface area contributed by atoms with Gasteiger partial charge in [-0.25, -0.2) is 0 Å². The summed E-state index contributed by atoms with van der Waals surface area (Å²) in [5.74, 6) is 2.91. The summed E-state index contributed by atoms with van der Waals surface area (Å²) in [5, 5.41) is 0. The molecule has 2 aliphatic rings. The first kappa shape index (κ1) is 8.34. The van der Waals surface area contributed by atoms with E-state index >= 15 is 0 Å². The summed E-state index contributed by atoms with van der Waals surface area (Å²) in [5.41, 5.74) is 0. The first-order valence-corrected chi connectivity index (χ1v) is 11.3. The summed E-state index contributed by atoms with van der Waals surface area (Å²) in [6.07, 6.45) is 0. The Bertz CT molecular complexity index is 134. The predicted molar refractivity (Wildman–Crippen MR) is 53.2 cm³/mol. The predicted octanol–water partition coefficient (Wildman–Crippen LogP) is 1.24. The molecule has 0 nitrogen and oxygen atoms in total.